The van der Waals surface area contributed by atoms with Crippen molar-refractivity contribution in [2.45, 2.75) is 41.0 Å². The van der Waals surface area contributed by atoms with Crippen LogP contribution in [0.4, 0.5) is 32.0 Å². The molecule has 14 heteroatoms. The van der Waals surface area contributed by atoms with Gasteiger partial charge in [-0.15, -0.1) is 6.42 Å². The number of carbonyl (C=O) groups excluding carboxylic acids is 2. The van der Waals surface area contributed by atoms with E-state index in [0.29, 0.717) is 11.1 Å². The Labute approximate surface area is 258 Å². The molecule has 0 unspecified atom stereocenters. The zero-order valence-electron chi connectivity index (χ0n) is 24.8. The van der Waals surface area contributed by atoms with Gasteiger partial charge < -0.3 is 14.4 Å². The van der Waals surface area contributed by atoms with Gasteiger partial charge in [0.15, 0.2) is 12.5 Å². The molecule has 0 amide bonds. The van der Waals surface area contributed by atoms with Crippen LogP contribution in [0.1, 0.15) is 42.5 Å². The number of nitrogens with zero attached hydrogens (tertiary/aromatic N) is 3. The maximum atomic E-state index is 15.7. The van der Waals surface area contributed by atoms with Gasteiger partial charge in [0.2, 0.25) is 34.8 Å². The van der Waals surface area contributed by atoms with Gasteiger partial charge in [-0.25, -0.2) is 27.3 Å². The topological polar surface area (TPSA) is 90.7 Å². The van der Waals surface area contributed by atoms with E-state index in [2.05, 4.69) is 15.6 Å². The van der Waals surface area contributed by atoms with Crippen LogP contribution in [-0.4, -0.2) is 28.0 Å². The van der Waals surface area contributed by atoms with Crippen LogP contribution in [0.25, 0.3) is 10.9 Å². The molecule has 0 aliphatic rings. The van der Waals surface area contributed by atoms with E-state index >= 15 is 4.39 Å². The highest BCUT2D eigenvalue weighted by molar-refractivity contribution is 5.92. The van der Waals surface area contributed by atoms with Crippen molar-refractivity contribution in [2.75, 3.05) is 11.4 Å². The molecule has 0 bridgehead atoms. The van der Waals surface area contributed by atoms with Crippen molar-refractivity contribution < 1.29 is 45.4 Å². The highest BCUT2D eigenvalue weighted by Crippen LogP contribution is 2.31. The lowest BCUT2D eigenvalue weighted by Crippen LogP contribution is -2.30. The van der Waals surface area contributed by atoms with Crippen molar-refractivity contribution in [3.05, 3.63) is 98.6 Å². The number of aromatic nitrogens is 2. The summed E-state index contributed by atoms with van der Waals surface area (Å²) in [5.74, 6) is -14.8. The smallest absolute Gasteiger partial charge is 0.346 e. The third-order valence-electron chi connectivity index (χ3n) is 6.71. The molecule has 0 spiro atoms. The molecule has 0 saturated carbocycles. The van der Waals surface area contributed by atoms with Crippen molar-refractivity contribution in [1.29, 1.82) is 0 Å². The van der Waals surface area contributed by atoms with E-state index in [9.17, 15) is 36.3 Å². The molecule has 0 aliphatic heterocycles. The molecule has 0 radical (unpaired) electrons. The molecule has 0 saturated heterocycles. The molecule has 1 aromatic heterocycles. The first-order chi connectivity index (χ1) is 21.6. The van der Waals surface area contributed by atoms with Crippen LogP contribution >= 0.6 is 0 Å². The number of halogens is 6. The average molecular weight is 646 g/mol. The fourth-order valence-electron chi connectivity index (χ4n) is 4.27. The lowest BCUT2D eigenvalue weighted by atomic mass is 9.98. The summed E-state index contributed by atoms with van der Waals surface area (Å²) in [6.45, 7) is 5.81. The number of aryl methyl sites for hydroxylation is 1. The zero-order chi connectivity index (χ0) is 34.1. The van der Waals surface area contributed by atoms with Crippen LogP contribution in [-0.2, 0) is 22.8 Å². The number of hydrogen-bond donors (Lipinski definition) is 0. The normalized spacial score (nSPS) is 11.3. The summed E-state index contributed by atoms with van der Waals surface area (Å²) in [6, 6.07) is 7.91. The highest BCUT2D eigenvalue weighted by Gasteiger charge is 2.30. The summed E-state index contributed by atoms with van der Waals surface area (Å²) in [4.78, 5) is 43.9. The van der Waals surface area contributed by atoms with Crippen molar-refractivity contribution in [1.82, 2.24) is 9.55 Å². The van der Waals surface area contributed by atoms with Crippen molar-refractivity contribution in [2.24, 2.45) is 5.41 Å². The van der Waals surface area contributed by atoms with E-state index in [0.717, 1.165) is 6.07 Å². The van der Waals surface area contributed by atoms with E-state index in [1.807, 2.05) is 0 Å². The van der Waals surface area contributed by atoms with Gasteiger partial charge in [0.1, 0.15) is 5.82 Å². The first-order valence-corrected chi connectivity index (χ1v) is 13.4. The molecule has 46 heavy (non-hydrogen) atoms. The van der Waals surface area contributed by atoms with E-state index in [1.54, 1.807) is 39.8 Å². The van der Waals surface area contributed by atoms with Crippen LogP contribution in [0, 0.1) is 59.6 Å². The molecule has 3 aromatic carbocycles. The monoisotopic (exact) mass is 645 g/mol. The molecule has 0 N–H and O–H groups in total. The number of terminal acetylenes is 1. The van der Waals surface area contributed by atoms with Crippen LogP contribution in [0.2, 0.25) is 0 Å². The first kappa shape index (κ1) is 33.6. The average Bonchev–Trinajstić information content (AvgIpc) is 3.00. The van der Waals surface area contributed by atoms with E-state index < -0.39 is 69.1 Å². The quantitative estimate of drug-likeness (QED) is 0.0585. The molecular weight excluding hydrogens is 620 g/mol. The van der Waals surface area contributed by atoms with E-state index in [1.165, 1.54) is 27.7 Å². The molecule has 1 heterocycles. The van der Waals surface area contributed by atoms with Crippen molar-refractivity contribution in [3.63, 3.8) is 0 Å². The van der Waals surface area contributed by atoms with Gasteiger partial charge in [0.05, 0.1) is 34.1 Å². The first-order valence-electron chi connectivity index (χ1n) is 13.4. The molecule has 4 aromatic rings. The summed E-state index contributed by atoms with van der Waals surface area (Å²) < 4.78 is 95.2. The predicted molar refractivity (Wildman–Crippen MR) is 154 cm³/mol. The molecule has 0 atom stereocenters. The zero-order valence-corrected chi connectivity index (χ0v) is 24.8. The third kappa shape index (κ3) is 6.53. The van der Waals surface area contributed by atoms with Gasteiger partial charge in [-0.05, 0) is 57.5 Å². The Hall–Kier alpha value is -5.32. The maximum Gasteiger partial charge on any atom is 0.346 e. The second-order valence-electron chi connectivity index (χ2n) is 11.0. The summed E-state index contributed by atoms with van der Waals surface area (Å²) in [6.07, 6.45) is 5.49. The Morgan fingerprint density at radius 3 is 2.20 bits per heavy atom. The van der Waals surface area contributed by atoms with Crippen molar-refractivity contribution in [3.8, 4) is 18.1 Å². The number of hydrogen-bond acceptors (Lipinski definition) is 7. The Morgan fingerprint density at radius 2 is 1.59 bits per heavy atom. The standard InChI is InChI=1S/C32H25F6N3O5/c1-6-12-40(14-17-10-11-20-19(13-17)29(42)41(16(2)39-20)15-45-31(44)32(3,4)5)21-9-7-8-18(22(21)33)30(43)46-28-26(37)24(35)23(34)25(36)27(28)38/h1,7-11,13H,12,14-15H2,2-5H3. The Morgan fingerprint density at radius 1 is 0.957 bits per heavy atom. The Bertz CT molecular complexity index is 1950. The van der Waals surface area contributed by atoms with Gasteiger partial charge in [0.25, 0.3) is 5.56 Å². The van der Waals surface area contributed by atoms with Crippen LogP contribution in [0.3, 0.4) is 0 Å². The molecular formula is C32H25F6N3O5. The van der Waals surface area contributed by atoms with E-state index in [-0.39, 0.29) is 36.7 Å². The minimum absolute atomic E-state index is 0.125. The minimum Gasteiger partial charge on any atom is -0.443 e. The van der Waals surface area contributed by atoms with Gasteiger partial charge >= 0.3 is 11.9 Å². The summed E-state index contributed by atoms with van der Waals surface area (Å²) in [7, 11) is 0. The maximum absolute atomic E-state index is 15.7. The van der Waals surface area contributed by atoms with Gasteiger partial charge in [-0.1, -0.05) is 18.1 Å². The molecule has 8 nitrogen and oxygen atoms in total. The van der Waals surface area contributed by atoms with E-state index in [4.69, 9.17) is 11.2 Å². The van der Waals surface area contributed by atoms with Gasteiger partial charge in [-0.2, -0.15) is 8.78 Å². The lowest BCUT2D eigenvalue weighted by molar-refractivity contribution is -0.157. The SMILES string of the molecule is C#CCN(Cc1ccc2nc(C)n(COC(=O)C(C)(C)C)c(=O)c2c1)c1cccc(C(=O)Oc2c(F)c(F)c(F)c(F)c2F)c1F. The van der Waals surface area contributed by atoms with Crippen LogP contribution in [0.15, 0.2) is 41.2 Å². The summed E-state index contributed by atoms with van der Waals surface area (Å²) in [5, 5.41) is 0.149. The fourth-order valence-corrected chi connectivity index (χ4v) is 4.27. The van der Waals surface area contributed by atoms with Crippen LogP contribution < -0.4 is 15.2 Å². The summed E-state index contributed by atoms with van der Waals surface area (Å²) in [5.41, 5.74) is -1.72. The number of rotatable bonds is 8. The van der Waals surface area contributed by atoms with Gasteiger partial charge in [-0.3, -0.25) is 14.2 Å². The summed E-state index contributed by atoms with van der Waals surface area (Å²) >= 11 is 0. The lowest BCUT2D eigenvalue weighted by Gasteiger charge is -2.24. The Balaban J connectivity index is 1.66. The third-order valence-corrected chi connectivity index (χ3v) is 6.71. The van der Waals surface area contributed by atoms with Gasteiger partial charge in [0, 0.05) is 6.54 Å². The number of fused-ring (bicyclic) bond motifs is 1. The number of ether oxygens (including phenoxy) is 2. The molecule has 240 valence electrons. The molecule has 0 fully saturated rings. The predicted octanol–water partition coefficient (Wildman–Crippen LogP) is 5.95. The number of benzene rings is 3. The van der Waals surface area contributed by atoms with Crippen LogP contribution in [0.5, 0.6) is 5.75 Å². The fraction of sp³-hybridized carbons (Fsp3) is 0.250. The molecule has 4 rings (SSSR count). The minimum atomic E-state index is -2.46. The number of anilines is 1. The number of carbonyl (C=O) groups is 2. The largest absolute Gasteiger partial charge is 0.443 e. The molecule has 0 aliphatic carbocycles. The second kappa shape index (κ2) is 13.0. The Kier molecular flexibility index (Phi) is 9.46. The highest BCUT2D eigenvalue weighted by atomic mass is 19.2. The number of esters is 2. The second-order valence-corrected chi connectivity index (χ2v) is 11.0. The van der Waals surface area contributed by atoms with Crippen molar-refractivity contribution >= 4 is 28.5 Å².